The van der Waals surface area contributed by atoms with Gasteiger partial charge >= 0.3 is 5.97 Å². The lowest BCUT2D eigenvalue weighted by molar-refractivity contribution is -0.123. The highest BCUT2D eigenvalue weighted by Gasteiger charge is 2.61. The molecule has 0 unspecified atom stereocenters. The molecule has 2 heterocycles. The molecule has 4 atom stereocenters. The highest BCUT2D eigenvalue weighted by molar-refractivity contribution is 6.22. The number of anilines is 1. The third-order valence-electron chi connectivity index (χ3n) is 5.94. The van der Waals surface area contributed by atoms with Crippen molar-refractivity contribution in [3.05, 3.63) is 48.4 Å². The summed E-state index contributed by atoms with van der Waals surface area (Å²) in [6.45, 7) is 0. The Balaban J connectivity index is 1.42. The van der Waals surface area contributed by atoms with Gasteiger partial charge in [0, 0.05) is 6.07 Å². The highest BCUT2D eigenvalue weighted by atomic mass is 16.5. The van der Waals surface area contributed by atoms with Crippen LogP contribution in [0.15, 0.2) is 47.1 Å². The average Bonchev–Trinajstić information content (AvgIpc) is 3.39. The van der Waals surface area contributed by atoms with Gasteiger partial charge < -0.3 is 9.15 Å². The normalized spacial score (nSPS) is 29.3. The van der Waals surface area contributed by atoms with Gasteiger partial charge in [-0.3, -0.25) is 9.59 Å². The maximum Gasteiger partial charge on any atom is 0.379 e. The second kappa shape index (κ2) is 5.56. The minimum atomic E-state index is -0.624. The van der Waals surface area contributed by atoms with Gasteiger partial charge in [-0.15, -0.1) is 0 Å². The zero-order valence-electron chi connectivity index (χ0n) is 14.0. The summed E-state index contributed by atoms with van der Waals surface area (Å²) < 4.78 is 10.3. The molecule has 26 heavy (non-hydrogen) atoms. The molecular formula is C20H17NO5. The standard InChI is InChI=1S/C20H17NO5/c22-18-16-11-6-7-12(9-11)17(16)19(23)21(18)13-3-1-4-14(10-13)26-20(24)15-5-2-8-25-15/h1-5,8,10-12,16-17H,6-7,9H2/t11-,12-,16-,17+/m0/s1. The number of ether oxygens (including phenoxy) is 1. The molecule has 1 aromatic carbocycles. The zero-order valence-corrected chi connectivity index (χ0v) is 14.0. The first-order valence-corrected chi connectivity index (χ1v) is 8.87. The van der Waals surface area contributed by atoms with Gasteiger partial charge in [0.05, 0.1) is 23.8 Å². The molecule has 2 bridgehead atoms. The number of carbonyl (C=O) groups excluding carboxylic acids is 3. The molecule has 3 fully saturated rings. The van der Waals surface area contributed by atoms with Gasteiger partial charge in [0.2, 0.25) is 17.6 Å². The summed E-state index contributed by atoms with van der Waals surface area (Å²) >= 11 is 0. The molecule has 6 heteroatoms. The number of rotatable bonds is 3. The number of imide groups is 1. The first kappa shape index (κ1) is 15.4. The molecule has 2 saturated carbocycles. The largest absolute Gasteiger partial charge is 0.457 e. The van der Waals surface area contributed by atoms with Crippen LogP contribution in [0, 0.1) is 23.7 Å². The van der Waals surface area contributed by atoms with E-state index in [9.17, 15) is 14.4 Å². The Morgan fingerprint density at radius 1 is 1.04 bits per heavy atom. The third kappa shape index (κ3) is 2.14. The number of nitrogens with zero attached hydrogens (tertiary/aromatic N) is 1. The van der Waals surface area contributed by atoms with Crippen molar-refractivity contribution >= 4 is 23.5 Å². The van der Waals surface area contributed by atoms with E-state index in [4.69, 9.17) is 9.15 Å². The van der Waals surface area contributed by atoms with Crippen LogP contribution >= 0.6 is 0 Å². The maximum atomic E-state index is 12.9. The molecule has 2 amide bonds. The van der Waals surface area contributed by atoms with Crippen molar-refractivity contribution in [3.8, 4) is 5.75 Å². The Morgan fingerprint density at radius 3 is 2.42 bits per heavy atom. The summed E-state index contributed by atoms with van der Waals surface area (Å²) in [6, 6.07) is 9.64. The summed E-state index contributed by atoms with van der Waals surface area (Å²) in [5.41, 5.74) is 0.457. The summed E-state index contributed by atoms with van der Waals surface area (Å²) in [4.78, 5) is 39.1. The summed E-state index contributed by atoms with van der Waals surface area (Å²) in [5, 5.41) is 0. The van der Waals surface area contributed by atoms with Crippen LogP contribution in [0.5, 0.6) is 5.75 Å². The molecular weight excluding hydrogens is 334 g/mol. The monoisotopic (exact) mass is 351 g/mol. The quantitative estimate of drug-likeness (QED) is 0.483. The van der Waals surface area contributed by atoms with Crippen LogP contribution < -0.4 is 9.64 Å². The number of carbonyl (C=O) groups is 3. The van der Waals surface area contributed by atoms with Gasteiger partial charge in [-0.25, -0.2) is 9.69 Å². The van der Waals surface area contributed by atoms with Crippen LogP contribution in [0.2, 0.25) is 0 Å². The number of hydrogen-bond donors (Lipinski definition) is 0. The van der Waals surface area contributed by atoms with Gasteiger partial charge in [-0.2, -0.15) is 0 Å². The van der Waals surface area contributed by atoms with E-state index < -0.39 is 5.97 Å². The Bertz CT molecular complexity index is 875. The van der Waals surface area contributed by atoms with E-state index in [-0.39, 0.29) is 35.2 Å². The minimum absolute atomic E-state index is 0.0924. The highest BCUT2D eigenvalue weighted by Crippen LogP contribution is 2.56. The number of furan rings is 1. The second-order valence-electron chi connectivity index (χ2n) is 7.26. The van der Waals surface area contributed by atoms with Crippen LogP contribution in [0.3, 0.4) is 0 Å². The zero-order chi connectivity index (χ0) is 17.8. The van der Waals surface area contributed by atoms with Crippen LogP contribution in [0.1, 0.15) is 29.8 Å². The molecule has 0 radical (unpaired) electrons. The molecule has 1 aromatic heterocycles. The second-order valence-corrected chi connectivity index (χ2v) is 7.26. The van der Waals surface area contributed by atoms with Gasteiger partial charge in [0.1, 0.15) is 5.75 Å². The average molecular weight is 351 g/mol. The lowest BCUT2D eigenvalue weighted by Crippen LogP contribution is -2.32. The van der Waals surface area contributed by atoms with Crippen LogP contribution in [0.25, 0.3) is 0 Å². The lowest BCUT2D eigenvalue weighted by Gasteiger charge is -2.19. The Kier molecular flexibility index (Phi) is 3.29. The number of hydrogen-bond acceptors (Lipinski definition) is 5. The van der Waals surface area contributed by atoms with E-state index in [1.807, 2.05) is 0 Å². The van der Waals surface area contributed by atoms with Crippen molar-refractivity contribution in [2.75, 3.05) is 4.90 Å². The fourth-order valence-electron chi connectivity index (χ4n) is 4.90. The van der Waals surface area contributed by atoms with Crippen LogP contribution in [0.4, 0.5) is 5.69 Å². The Labute approximate surface area is 149 Å². The summed E-state index contributed by atoms with van der Waals surface area (Å²) in [7, 11) is 0. The molecule has 0 spiro atoms. The fraction of sp³-hybridized carbons (Fsp3) is 0.350. The van der Waals surface area contributed by atoms with Gasteiger partial charge in [0.15, 0.2) is 0 Å². The maximum absolute atomic E-state index is 12.9. The van der Waals surface area contributed by atoms with Crippen molar-refractivity contribution in [1.82, 2.24) is 0 Å². The number of esters is 1. The fourth-order valence-corrected chi connectivity index (χ4v) is 4.90. The molecule has 1 aliphatic heterocycles. The van der Waals surface area contributed by atoms with Gasteiger partial charge in [-0.05, 0) is 55.4 Å². The van der Waals surface area contributed by atoms with E-state index in [1.165, 1.54) is 17.2 Å². The number of amides is 2. The smallest absolute Gasteiger partial charge is 0.379 e. The molecule has 1 saturated heterocycles. The molecule has 6 nitrogen and oxygen atoms in total. The van der Waals surface area contributed by atoms with Crippen molar-refractivity contribution in [1.29, 1.82) is 0 Å². The lowest BCUT2D eigenvalue weighted by atomic mass is 9.81. The van der Waals surface area contributed by atoms with E-state index in [0.29, 0.717) is 17.5 Å². The molecule has 132 valence electrons. The molecule has 2 aliphatic carbocycles. The SMILES string of the molecule is O=C(Oc1cccc(N2C(=O)[C@@H]3[C@H]4CC[C@@H](C4)[C@@H]3C2=O)c1)c1ccco1. The van der Waals surface area contributed by atoms with Crippen molar-refractivity contribution in [3.63, 3.8) is 0 Å². The van der Waals surface area contributed by atoms with Crippen molar-refractivity contribution in [2.24, 2.45) is 23.7 Å². The topological polar surface area (TPSA) is 76.8 Å². The molecule has 2 aromatic rings. The number of fused-ring (bicyclic) bond motifs is 5. The predicted molar refractivity (Wildman–Crippen MR) is 90.4 cm³/mol. The van der Waals surface area contributed by atoms with Crippen molar-refractivity contribution in [2.45, 2.75) is 19.3 Å². The molecule has 3 aliphatic rings. The number of benzene rings is 1. The van der Waals surface area contributed by atoms with Crippen LogP contribution in [-0.2, 0) is 9.59 Å². The predicted octanol–water partition coefficient (Wildman–Crippen LogP) is 3.03. The van der Waals surface area contributed by atoms with E-state index in [0.717, 1.165) is 19.3 Å². The van der Waals surface area contributed by atoms with E-state index in [1.54, 1.807) is 30.3 Å². The van der Waals surface area contributed by atoms with Gasteiger partial charge in [0.25, 0.3) is 0 Å². The Hall–Kier alpha value is -2.89. The first-order valence-electron chi connectivity index (χ1n) is 8.87. The summed E-state index contributed by atoms with van der Waals surface area (Å²) in [5.74, 6) is -0.145. The molecule has 5 rings (SSSR count). The van der Waals surface area contributed by atoms with Crippen LogP contribution in [-0.4, -0.2) is 17.8 Å². The third-order valence-corrected chi connectivity index (χ3v) is 5.94. The van der Waals surface area contributed by atoms with E-state index >= 15 is 0 Å². The first-order chi connectivity index (χ1) is 12.6. The van der Waals surface area contributed by atoms with Crippen molar-refractivity contribution < 1.29 is 23.5 Å². The Morgan fingerprint density at radius 2 is 1.77 bits per heavy atom. The summed E-state index contributed by atoms with van der Waals surface area (Å²) in [6.07, 6.45) is 4.47. The minimum Gasteiger partial charge on any atom is -0.457 e. The molecule has 0 N–H and O–H groups in total. The van der Waals surface area contributed by atoms with Gasteiger partial charge in [-0.1, -0.05) is 6.07 Å². The van der Waals surface area contributed by atoms with E-state index in [2.05, 4.69) is 0 Å².